The summed E-state index contributed by atoms with van der Waals surface area (Å²) in [5, 5.41) is 11.5. The van der Waals surface area contributed by atoms with Gasteiger partial charge in [0, 0.05) is 37.3 Å². The van der Waals surface area contributed by atoms with Gasteiger partial charge in [0.1, 0.15) is 11.5 Å². The first-order valence-corrected chi connectivity index (χ1v) is 13.3. The summed E-state index contributed by atoms with van der Waals surface area (Å²) in [6.45, 7) is 9.91. The molecule has 4 rings (SSSR count). The van der Waals surface area contributed by atoms with E-state index in [-0.39, 0.29) is 17.4 Å². The number of amides is 1. The first-order valence-electron chi connectivity index (χ1n) is 13.3. The van der Waals surface area contributed by atoms with Crippen LogP contribution in [-0.2, 0) is 14.3 Å². The number of hydrogen-bond donors (Lipinski definition) is 1. The molecule has 9 heteroatoms. The summed E-state index contributed by atoms with van der Waals surface area (Å²) < 4.78 is 22.5. The lowest BCUT2D eigenvalue weighted by Gasteiger charge is -2.30. The van der Waals surface area contributed by atoms with Crippen molar-refractivity contribution in [1.29, 1.82) is 0 Å². The van der Waals surface area contributed by atoms with Gasteiger partial charge in [-0.2, -0.15) is 0 Å². The number of para-hydroxylation sites is 1. The molecule has 1 atom stereocenters. The molecule has 0 radical (unpaired) electrons. The molecule has 2 saturated heterocycles. The molecule has 0 unspecified atom stereocenters. The van der Waals surface area contributed by atoms with Crippen molar-refractivity contribution in [2.45, 2.75) is 39.3 Å². The molecular weight excluding hydrogens is 500 g/mol. The lowest BCUT2D eigenvalue weighted by atomic mass is 9.93. The molecule has 2 aromatic carbocycles. The van der Waals surface area contributed by atoms with Crippen LogP contribution < -0.4 is 14.2 Å². The summed E-state index contributed by atoms with van der Waals surface area (Å²) in [6.07, 6.45) is 0.655. The van der Waals surface area contributed by atoms with Crippen molar-refractivity contribution >= 4 is 17.4 Å². The van der Waals surface area contributed by atoms with Crippen LogP contribution in [0.1, 0.15) is 43.0 Å². The Labute approximate surface area is 229 Å². The van der Waals surface area contributed by atoms with Crippen molar-refractivity contribution in [2.24, 2.45) is 0 Å². The maximum Gasteiger partial charge on any atom is 0.295 e. The molecule has 0 aromatic heterocycles. The number of methoxy groups -OCH3 is 2. The average Bonchev–Trinajstić information content (AvgIpc) is 3.18. The standard InChI is InChI=1S/C30H38N2O7/c1-19(2)39-23-11-10-21(18-20(23)3)27(33)25-26(22-8-6-9-24(36-4)29(22)37-5)32(30(35)28(25)34)13-7-12-31-14-16-38-17-15-31/h6,8-11,18-19,26,33H,7,12-17H2,1-5H3/b27-25+/t26-/m1/s1. The van der Waals surface area contributed by atoms with Crippen molar-refractivity contribution in [3.8, 4) is 17.2 Å². The van der Waals surface area contributed by atoms with E-state index in [4.69, 9.17) is 18.9 Å². The number of ether oxygens (including phenoxy) is 4. The fraction of sp³-hybridized carbons (Fsp3) is 0.467. The van der Waals surface area contributed by atoms with E-state index >= 15 is 0 Å². The van der Waals surface area contributed by atoms with Gasteiger partial charge in [-0.1, -0.05) is 12.1 Å². The highest BCUT2D eigenvalue weighted by molar-refractivity contribution is 6.46. The van der Waals surface area contributed by atoms with Crippen LogP contribution in [0.15, 0.2) is 42.0 Å². The SMILES string of the molecule is COc1cccc([C@@H]2/C(=C(\O)c3ccc(OC(C)C)c(C)c3)C(=O)C(=O)N2CCCN2CCOCC2)c1OC. The summed E-state index contributed by atoms with van der Waals surface area (Å²) in [4.78, 5) is 30.7. The second-order valence-corrected chi connectivity index (χ2v) is 10.0. The molecule has 1 amide bonds. The van der Waals surface area contributed by atoms with Crippen LogP contribution in [0, 0.1) is 6.92 Å². The second-order valence-electron chi connectivity index (χ2n) is 10.0. The number of benzene rings is 2. The number of rotatable bonds is 10. The zero-order chi connectivity index (χ0) is 28.1. The van der Waals surface area contributed by atoms with Crippen molar-refractivity contribution < 1.29 is 33.6 Å². The number of ketones is 1. The molecule has 39 heavy (non-hydrogen) atoms. The minimum absolute atomic E-state index is 0.00791. The van der Waals surface area contributed by atoms with Gasteiger partial charge in [-0.15, -0.1) is 0 Å². The molecule has 9 nitrogen and oxygen atoms in total. The van der Waals surface area contributed by atoms with Crippen LogP contribution in [0.25, 0.3) is 5.76 Å². The fourth-order valence-corrected chi connectivity index (χ4v) is 5.19. The molecule has 0 spiro atoms. The Hall–Kier alpha value is -3.56. The molecular formula is C30H38N2O7. The smallest absolute Gasteiger partial charge is 0.295 e. The zero-order valence-electron chi connectivity index (χ0n) is 23.4. The molecule has 210 valence electrons. The van der Waals surface area contributed by atoms with Gasteiger partial charge in [-0.25, -0.2) is 0 Å². The van der Waals surface area contributed by atoms with Gasteiger partial charge >= 0.3 is 0 Å². The van der Waals surface area contributed by atoms with Crippen LogP contribution >= 0.6 is 0 Å². The maximum atomic E-state index is 13.5. The van der Waals surface area contributed by atoms with E-state index < -0.39 is 17.7 Å². The Morgan fingerprint density at radius 2 is 1.79 bits per heavy atom. The van der Waals surface area contributed by atoms with Gasteiger partial charge < -0.3 is 29.0 Å². The van der Waals surface area contributed by atoms with Gasteiger partial charge in [-0.05, 0) is 57.0 Å². The van der Waals surface area contributed by atoms with Gasteiger partial charge in [0.05, 0.1) is 45.2 Å². The zero-order valence-corrected chi connectivity index (χ0v) is 23.4. The number of aliphatic hydroxyl groups excluding tert-OH is 1. The summed E-state index contributed by atoms with van der Waals surface area (Å²) in [5.74, 6) is -0.0409. The number of hydrogen-bond acceptors (Lipinski definition) is 8. The Morgan fingerprint density at radius 3 is 2.44 bits per heavy atom. The normalized spacial score (nSPS) is 19.5. The number of carbonyl (C=O) groups is 2. The van der Waals surface area contributed by atoms with Crippen molar-refractivity contribution in [3.63, 3.8) is 0 Å². The Kier molecular flexibility index (Phi) is 9.14. The third-order valence-corrected chi connectivity index (χ3v) is 7.06. The van der Waals surface area contributed by atoms with E-state index in [9.17, 15) is 14.7 Å². The molecule has 2 aromatic rings. The summed E-state index contributed by atoms with van der Waals surface area (Å²) in [5.41, 5.74) is 1.83. The highest BCUT2D eigenvalue weighted by Crippen LogP contribution is 2.45. The fourth-order valence-electron chi connectivity index (χ4n) is 5.19. The molecule has 0 bridgehead atoms. The first-order chi connectivity index (χ1) is 18.8. The number of nitrogens with zero attached hydrogens (tertiary/aromatic N) is 2. The first kappa shape index (κ1) is 28.4. The van der Waals surface area contributed by atoms with Crippen molar-refractivity contribution in [3.05, 3.63) is 58.7 Å². The molecule has 2 aliphatic heterocycles. The summed E-state index contributed by atoms with van der Waals surface area (Å²) in [7, 11) is 3.05. The monoisotopic (exact) mass is 538 g/mol. The Morgan fingerprint density at radius 1 is 1.05 bits per heavy atom. The van der Waals surface area contributed by atoms with E-state index in [0.717, 1.165) is 25.2 Å². The predicted molar refractivity (Wildman–Crippen MR) is 147 cm³/mol. The summed E-state index contributed by atoms with van der Waals surface area (Å²) >= 11 is 0. The van der Waals surface area contributed by atoms with Crippen molar-refractivity contribution in [1.82, 2.24) is 9.80 Å². The van der Waals surface area contributed by atoms with Crippen LogP contribution in [0.4, 0.5) is 0 Å². The third kappa shape index (κ3) is 6.04. The van der Waals surface area contributed by atoms with Crippen LogP contribution in [-0.4, -0.2) is 86.3 Å². The van der Waals surface area contributed by atoms with E-state index in [1.54, 1.807) is 36.4 Å². The lowest BCUT2D eigenvalue weighted by Crippen LogP contribution is -2.39. The number of aryl methyl sites for hydroxylation is 1. The minimum Gasteiger partial charge on any atom is -0.507 e. The number of aliphatic hydroxyl groups is 1. The molecule has 2 heterocycles. The van der Waals surface area contributed by atoms with Gasteiger partial charge in [0.15, 0.2) is 11.5 Å². The van der Waals surface area contributed by atoms with E-state index in [0.29, 0.717) is 54.6 Å². The Balaban J connectivity index is 1.76. The van der Waals surface area contributed by atoms with E-state index in [1.807, 2.05) is 20.8 Å². The van der Waals surface area contributed by atoms with Crippen molar-refractivity contribution in [2.75, 3.05) is 53.6 Å². The van der Waals surface area contributed by atoms with Gasteiger partial charge in [0.2, 0.25) is 0 Å². The Bertz CT molecular complexity index is 1230. The molecule has 2 fully saturated rings. The number of morpholine rings is 1. The van der Waals surface area contributed by atoms with E-state index in [1.165, 1.54) is 19.1 Å². The largest absolute Gasteiger partial charge is 0.507 e. The van der Waals surface area contributed by atoms with Crippen LogP contribution in [0.3, 0.4) is 0 Å². The highest BCUT2D eigenvalue weighted by atomic mass is 16.5. The highest BCUT2D eigenvalue weighted by Gasteiger charge is 2.47. The molecule has 2 aliphatic rings. The molecule has 0 saturated carbocycles. The summed E-state index contributed by atoms with van der Waals surface area (Å²) in [6, 6.07) is 9.72. The number of carbonyl (C=O) groups excluding carboxylic acids is 2. The predicted octanol–water partition coefficient (Wildman–Crippen LogP) is 3.94. The topological polar surface area (TPSA) is 97.8 Å². The van der Waals surface area contributed by atoms with E-state index in [2.05, 4.69) is 4.90 Å². The quantitative estimate of drug-likeness (QED) is 0.276. The third-order valence-electron chi connectivity index (χ3n) is 7.06. The number of Topliss-reactive ketones (excluding diaryl/α,β-unsaturated/α-hetero) is 1. The lowest BCUT2D eigenvalue weighted by molar-refractivity contribution is -0.140. The number of likely N-dealkylation sites (tertiary alicyclic amines) is 1. The molecule has 1 N–H and O–H groups in total. The van der Waals surface area contributed by atoms with Gasteiger partial charge in [-0.3, -0.25) is 14.5 Å². The van der Waals surface area contributed by atoms with Crippen LogP contribution in [0.5, 0.6) is 17.2 Å². The maximum absolute atomic E-state index is 13.5. The minimum atomic E-state index is -0.841. The second kappa shape index (κ2) is 12.5. The van der Waals surface area contributed by atoms with Gasteiger partial charge in [0.25, 0.3) is 11.7 Å². The average molecular weight is 539 g/mol. The molecule has 0 aliphatic carbocycles. The van der Waals surface area contributed by atoms with Crippen LogP contribution in [0.2, 0.25) is 0 Å².